The second kappa shape index (κ2) is 7.43. The average molecular weight is 390 g/mol. The number of aryl methyl sites for hydroxylation is 1. The van der Waals surface area contributed by atoms with E-state index in [-0.39, 0.29) is 22.9 Å². The molecule has 1 amide bonds. The minimum absolute atomic E-state index is 0.0186. The average Bonchev–Trinajstić information content (AvgIpc) is 3.17. The molecule has 0 bridgehead atoms. The van der Waals surface area contributed by atoms with Gasteiger partial charge in [0.1, 0.15) is 18.1 Å². The van der Waals surface area contributed by atoms with Gasteiger partial charge in [-0.1, -0.05) is 17.4 Å². The summed E-state index contributed by atoms with van der Waals surface area (Å²) in [6, 6.07) is 6.22. The van der Waals surface area contributed by atoms with Gasteiger partial charge in [-0.15, -0.1) is 0 Å². The summed E-state index contributed by atoms with van der Waals surface area (Å²) >= 11 is 1.13. The number of esters is 1. The second-order valence-electron chi connectivity index (χ2n) is 6.26. The Balaban J connectivity index is 2.18. The third kappa shape index (κ3) is 3.68. The van der Waals surface area contributed by atoms with Crippen LogP contribution in [0.5, 0.6) is 0 Å². The topological polar surface area (TPSA) is 78.5 Å². The zero-order valence-corrected chi connectivity index (χ0v) is 16.2. The fourth-order valence-electron chi connectivity index (χ4n) is 2.73. The molecular formula is C18H19FN4O3S. The van der Waals surface area contributed by atoms with E-state index >= 15 is 0 Å². The molecule has 1 aromatic carbocycles. The van der Waals surface area contributed by atoms with E-state index in [1.807, 2.05) is 13.8 Å². The van der Waals surface area contributed by atoms with E-state index in [0.29, 0.717) is 16.1 Å². The van der Waals surface area contributed by atoms with Crippen molar-refractivity contribution in [2.75, 3.05) is 7.11 Å². The van der Waals surface area contributed by atoms with Crippen LogP contribution in [0.1, 0.15) is 36.1 Å². The summed E-state index contributed by atoms with van der Waals surface area (Å²) in [7, 11) is 1.25. The van der Waals surface area contributed by atoms with E-state index in [1.165, 1.54) is 17.7 Å². The first-order chi connectivity index (χ1) is 12.8. The summed E-state index contributed by atoms with van der Waals surface area (Å²) in [5.41, 5.74) is 1.25. The molecular weight excluding hydrogens is 371 g/mol. The van der Waals surface area contributed by atoms with Crippen molar-refractivity contribution in [3.8, 4) is 0 Å². The molecule has 0 saturated carbocycles. The quantitative estimate of drug-likeness (QED) is 0.642. The van der Waals surface area contributed by atoms with Crippen molar-refractivity contribution in [1.29, 1.82) is 0 Å². The summed E-state index contributed by atoms with van der Waals surface area (Å²) in [6.45, 7) is 5.37. The fourth-order valence-corrected chi connectivity index (χ4v) is 3.77. The van der Waals surface area contributed by atoms with Gasteiger partial charge in [0.15, 0.2) is 4.80 Å². The largest absolute Gasteiger partial charge is 0.468 e. The Hall–Kier alpha value is -2.81. The first-order valence-electron chi connectivity index (χ1n) is 8.31. The van der Waals surface area contributed by atoms with Crippen LogP contribution in [0.4, 0.5) is 4.39 Å². The maximum absolute atomic E-state index is 14.3. The zero-order chi connectivity index (χ0) is 19.7. The van der Waals surface area contributed by atoms with Gasteiger partial charge >= 0.3 is 5.97 Å². The molecule has 2 heterocycles. The van der Waals surface area contributed by atoms with Gasteiger partial charge in [-0.3, -0.25) is 14.3 Å². The Kier molecular flexibility index (Phi) is 5.22. The second-order valence-corrected chi connectivity index (χ2v) is 7.27. The lowest BCUT2D eigenvalue weighted by Gasteiger charge is -2.08. The van der Waals surface area contributed by atoms with Crippen LogP contribution in [0.15, 0.2) is 29.3 Å². The van der Waals surface area contributed by atoms with Crippen LogP contribution in [0.2, 0.25) is 0 Å². The molecule has 0 N–H and O–H groups in total. The lowest BCUT2D eigenvalue weighted by atomic mass is 10.3. The minimum Gasteiger partial charge on any atom is -0.468 e. The van der Waals surface area contributed by atoms with Crippen LogP contribution in [-0.2, 0) is 16.1 Å². The molecule has 27 heavy (non-hydrogen) atoms. The molecule has 0 aliphatic heterocycles. The third-order valence-electron chi connectivity index (χ3n) is 3.93. The maximum atomic E-state index is 14.3. The van der Waals surface area contributed by atoms with E-state index in [4.69, 9.17) is 4.74 Å². The van der Waals surface area contributed by atoms with E-state index in [2.05, 4.69) is 10.1 Å². The molecule has 142 valence electrons. The Labute approximate surface area is 158 Å². The predicted octanol–water partition coefficient (Wildman–Crippen LogP) is 2.84. The lowest BCUT2D eigenvalue weighted by molar-refractivity contribution is -0.141. The molecule has 7 nitrogen and oxygen atoms in total. The first kappa shape index (κ1) is 19.0. The predicted molar refractivity (Wildman–Crippen MR) is 99.0 cm³/mol. The fraction of sp³-hybridized carbons (Fsp3) is 0.333. The molecule has 0 saturated heterocycles. The van der Waals surface area contributed by atoms with Crippen LogP contribution in [0.3, 0.4) is 0 Å². The highest BCUT2D eigenvalue weighted by Crippen LogP contribution is 2.21. The number of benzene rings is 1. The van der Waals surface area contributed by atoms with Crippen molar-refractivity contribution >= 4 is 33.4 Å². The summed E-state index contributed by atoms with van der Waals surface area (Å²) < 4.78 is 22.6. The lowest BCUT2D eigenvalue weighted by Crippen LogP contribution is -2.23. The molecule has 0 unspecified atom stereocenters. The van der Waals surface area contributed by atoms with Gasteiger partial charge in [0.2, 0.25) is 0 Å². The standard InChI is InChI=1S/C18H19FN4O3S/c1-10(2)23-13(8-11(3)21-23)17(25)20-18-22(9-15(24)26-4)16-12(19)6-5-7-14(16)27-18/h5-8,10H,9H2,1-4H3. The highest BCUT2D eigenvalue weighted by atomic mass is 32.1. The number of aromatic nitrogens is 3. The number of thiazole rings is 1. The number of hydrogen-bond acceptors (Lipinski definition) is 5. The van der Waals surface area contributed by atoms with Gasteiger partial charge in [0.25, 0.3) is 5.91 Å². The number of fused-ring (bicyclic) bond motifs is 1. The summed E-state index contributed by atoms with van der Waals surface area (Å²) in [5, 5.41) is 4.31. The number of rotatable bonds is 4. The van der Waals surface area contributed by atoms with E-state index in [1.54, 1.807) is 29.8 Å². The third-order valence-corrected chi connectivity index (χ3v) is 4.97. The molecule has 9 heteroatoms. The van der Waals surface area contributed by atoms with Gasteiger partial charge in [-0.25, -0.2) is 4.39 Å². The Morgan fingerprint density at radius 1 is 1.37 bits per heavy atom. The Morgan fingerprint density at radius 2 is 2.11 bits per heavy atom. The monoisotopic (exact) mass is 390 g/mol. The van der Waals surface area contributed by atoms with Crippen molar-refractivity contribution in [3.05, 3.63) is 46.3 Å². The molecule has 0 spiro atoms. The Morgan fingerprint density at radius 3 is 2.78 bits per heavy atom. The maximum Gasteiger partial charge on any atom is 0.325 e. The Bertz CT molecular complexity index is 1090. The summed E-state index contributed by atoms with van der Waals surface area (Å²) in [5.74, 6) is -1.56. The molecule has 0 aliphatic rings. The molecule has 0 atom stereocenters. The first-order valence-corrected chi connectivity index (χ1v) is 9.13. The van der Waals surface area contributed by atoms with Gasteiger partial charge in [0.05, 0.1) is 23.0 Å². The highest BCUT2D eigenvalue weighted by Gasteiger charge is 2.18. The normalized spacial score (nSPS) is 12.1. The van der Waals surface area contributed by atoms with Gasteiger partial charge in [-0.2, -0.15) is 10.1 Å². The van der Waals surface area contributed by atoms with Crippen molar-refractivity contribution < 1.29 is 18.7 Å². The van der Waals surface area contributed by atoms with Crippen molar-refractivity contribution in [2.24, 2.45) is 4.99 Å². The number of amides is 1. The number of ether oxygens (including phenoxy) is 1. The number of halogens is 1. The van der Waals surface area contributed by atoms with Crippen LogP contribution < -0.4 is 4.80 Å². The summed E-state index contributed by atoms with van der Waals surface area (Å²) in [4.78, 5) is 28.9. The van der Waals surface area contributed by atoms with E-state index in [0.717, 1.165) is 11.3 Å². The van der Waals surface area contributed by atoms with Crippen molar-refractivity contribution in [1.82, 2.24) is 14.3 Å². The zero-order valence-electron chi connectivity index (χ0n) is 15.4. The van der Waals surface area contributed by atoms with Crippen LogP contribution in [0, 0.1) is 12.7 Å². The number of hydrogen-bond donors (Lipinski definition) is 0. The SMILES string of the molecule is COC(=O)Cn1c(=NC(=O)c2cc(C)nn2C(C)C)sc2cccc(F)c21. The molecule has 3 rings (SSSR count). The van der Waals surface area contributed by atoms with Crippen LogP contribution in [0.25, 0.3) is 10.2 Å². The van der Waals surface area contributed by atoms with Gasteiger partial charge in [-0.05, 0) is 39.0 Å². The molecule has 0 aliphatic carbocycles. The number of para-hydroxylation sites is 1. The number of nitrogens with zero attached hydrogens (tertiary/aromatic N) is 4. The van der Waals surface area contributed by atoms with Crippen LogP contribution >= 0.6 is 11.3 Å². The number of carbonyl (C=O) groups is 2. The van der Waals surface area contributed by atoms with Gasteiger partial charge in [0, 0.05) is 6.04 Å². The van der Waals surface area contributed by atoms with Gasteiger partial charge < -0.3 is 9.30 Å². The molecule has 0 radical (unpaired) electrons. The summed E-state index contributed by atoms with van der Waals surface area (Å²) in [6.07, 6.45) is 0. The highest BCUT2D eigenvalue weighted by molar-refractivity contribution is 7.16. The number of carbonyl (C=O) groups excluding carboxylic acids is 2. The van der Waals surface area contributed by atoms with E-state index < -0.39 is 17.7 Å². The molecule has 0 fully saturated rings. The molecule has 3 aromatic rings. The van der Waals surface area contributed by atoms with E-state index in [9.17, 15) is 14.0 Å². The van der Waals surface area contributed by atoms with Crippen LogP contribution in [-0.4, -0.2) is 33.3 Å². The minimum atomic E-state index is -0.560. The number of methoxy groups -OCH3 is 1. The smallest absolute Gasteiger partial charge is 0.325 e. The van der Waals surface area contributed by atoms with Crippen molar-refractivity contribution in [3.63, 3.8) is 0 Å². The molecule has 2 aromatic heterocycles. The van der Waals surface area contributed by atoms with Crippen molar-refractivity contribution in [2.45, 2.75) is 33.4 Å².